The van der Waals surface area contributed by atoms with E-state index < -0.39 is 36.1 Å². The predicted octanol–water partition coefficient (Wildman–Crippen LogP) is 1.78. The van der Waals surface area contributed by atoms with Crippen LogP contribution in [0.25, 0.3) is 0 Å². The molecule has 8 heteroatoms. The van der Waals surface area contributed by atoms with Crippen molar-refractivity contribution in [3.8, 4) is 0 Å². The van der Waals surface area contributed by atoms with E-state index in [4.69, 9.17) is 9.47 Å². The molecule has 0 aliphatic carbocycles. The van der Waals surface area contributed by atoms with Gasteiger partial charge in [0.2, 0.25) is 12.2 Å². The third-order valence-electron chi connectivity index (χ3n) is 3.63. The van der Waals surface area contributed by atoms with Crippen molar-refractivity contribution >= 4 is 23.9 Å². The fraction of sp³-hybridized carbons (Fsp3) is 0.200. The van der Waals surface area contributed by atoms with Gasteiger partial charge in [0.25, 0.3) is 0 Å². The third kappa shape index (κ3) is 5.16. The van der Waals surface area contributed by atoms with E-state index in [1.165, 1.54) is 24.3 Å². The van der Waals surface area contributed by atoms with Crippen molar-refractivity contribution in [3.05, 3.63) is 71.8 Å². The number of carbonyl (C=O) groups excluding carboxylic acids is 4. The molecule has 0 saturated carbocycles. The number of hydrogen-bond acceptors (Lipinski definition) is 8. The highest BCUT2D eigenvalue weighted by Crippen LogP contribution is 2.15. The molecule has 2 atom stereocenters. The van der Waals surface area contributed by atoms with Crippen LogP contribution in [0.4, 0.5) is 0 Å². The summed E-state index contributed by atoms with van der Waals surface area (Å²) >= 11 is 0. The second-order valence-corrected chi connectivity index (χ2v) is 5.43. The molecule has 0 fully saturated rings. The van der Waals surface area contributed by atoms with Crippen LogP contribution in [0.1, 0.15) is 20.7 Å². The maximum Gasteiger partial charge on any atom is 0.351 e. The second kappa shape index (κ2) is 9.86. The van der Waals surface area contributed by atoms with Gasteiger partial charge in [0, 0.05) is 0 Å². The molecule has 2 aromatic rings. The van der Waals surface area contributed by atoms with Crippen molar-refractivity contribution in [1.29, 1.82) is 0 Å². The van der Waals surface area contributed by atoms with Gasteiger partial charge in [0.1, 0.15) is 0 Å². The molecule has 0 amide bonds. The van der Waals surface area contributed by atoms with Crippen molar-refractivity contribution in [1.82, 2.24) is 0 Å². The van der Waals surface area contributed by atoms with E-state index in [0.29, 0.717) is 0 Å². The molecule has 2 unspecified atom stereocenters. The van der Waals surface area contributed by atoms with Crippen molar-refractivity contribution in [2.24, 2.45) is 0 Å². The van der Waals surface area contributed by atoms with Gasteiger partial charge in [-0.25, -0.2) is 19.2 Å². The molecule has 2 rings (SSSR count). The zero-order valence-electron chi connectivity index (χ0n) is 15.2. The highest BCUT2D eigenvalue weighted by atomic mass is 16.6. The van der Waals surface area contributed by atoms with E-state index in [-0.39, 0.29) is 11.1 Å². The van der Waals surface area contributed by atoms with Gasteiger partial charge in [0.15, 0.2) is 0 Å². The average Bonchev–Trinajstić information content (AvgIpc) is 2.75. The van der Waals surface area contributed by atoms with E-state index in [1.807, 2.05) is 0 Å². The predicted molar refractivity (Wildman–Crippen MR) is 95.3 cm³/mol. The quantitative estimate of drug-likeness (QED) is 0.524. The van der Waals surface area contributed by atoms with Crippen LogP contribution in [0, 0.1) is 0 Å². The second-order valence-electron chi connectivity index (χ2n) is 5.43. The van der Waals surface area contributed by atoms with Gasteiger partial charge in [0.05, 0.1) is 25.3 Å². The van der Waals surface area contributed by atoms with Gasteiger partial charge < -0.3 is 18.9 Å². The van der Waals surface area contributed by atoms with Crippen LogP contribution in [0.2, 0.25) is 0 Å². The summed E-state index contributed by atoms with van der Waals surface area (Å²) in [5, 5.41) is 0. The molecule has 146 valence electrons. The van der Waals surface area contributed by atoms with E-state index in [0.717, 1.165) is 14.2 Å². The Morgan fingerprint density at radius 1 is 0.607 bits per heavy atom. The molecule has 0 radical (unpaired) electrons. The standard InChI is InChI=1S/C20H18O8/c1-25-19(23)15(27-17(21)13-9-5-3-6-10-13)16(20(24)26-2)28-18(22)14-11-7-4-8-12-14/h3-12,15-16H,1-2H3. The lowest BCUT2D eigenvalue weighted by Crippen LogP contribution is -2.47. The molecule has 8 nitrogen and oxygen atoms in total. The van der Waals surface area contributed by atoms with Crippen LogP contribution in [-0.4, -0.2) is 50.3 Å². The lowest BCUT2D eigenvalue weighted by Gasteiger charge is -2.23. The largest absolute Gasteiger partial charge is 0.466 e. The Labute approximate surface area is 161 Å². The molecule has 0 bridgehead atoms. The Morgan fingerprint density at radius 2 is 0.929 bits per heavy atom. The summed E-state index contributed by atoms with van der Waals surface area (Å²) in [5.74, 6) is -3.97. The topological polar surface area (TPSA) is 105 Å². The van der Waals surface area contributed by atoms with Gasteiger partial charge in [-0.05, 0) is 24.3 Å². The molecule has 0 aliphatic heterocycles. The lowest BCUT2D eigenvalue weighted by atomic mass is 10.1. The van der Waals surface area contributed by atoms with Crippen molar-refractivity contribution < 1.29 is 38.1 Å². The molecule has 0 aliphatic rings. The summed E-state index contributed by atoms with van der Waals surface area (Å²) in [6, 6.07) is 15.6. The number of methoxy groups -OCH3 is 2. The molecule has 2 aromatic carbocycles. The summed E-state index contributed by atoms with van der Waals surface area (Å²) < 4.78 is 19.4. The molecule has 0 aromatic heterocycles. The third-order valence-corrected chi connectivity index (χ3v) is 3.63. The SMILES string of the molecule is COC(=O)C(OC(=O)c1ccccc1)C(OC(=O)c1ccccc1)C(=O)OC. The maximum absolute atomic E-state index is 12.3. The lowest BCUT2D eigenvalue weighted by molar-refractivity contribution is -0.170. The number of rotatable bonds is 7. The smallest absolute Gasteiger partial charge is 0.351 e. The molecule has 28 heavy (non-hydrogen) atoms. The molecule has 0 heterocycles. The van der Waals surface area contributed by atoms with Crippen LogP contribution < -0.4 is 0 Å². The fourth-order valence-corrected chi connectivity index (χ4v) is 2.21. The van der Waals surface area contributed by atoms with Crippen LogP contribution in [0.5, 0.6) is 0 Å². The van der Waals surface area contributed by atoms with Gasteiger partial charge in [-0.3, -0.25) is 0 Å². The summed E-state index contributed by atoms with van der Waals surface area (Å²) in [6.45, 7) is 0. The minimum absolute atomic E-state index is 0.134. The highest BCUT2D eigenvalue weighted by molar-refractivity contribution is 5.95. The number of esters is 4. The van der Waals surface area contributed by atoms with Crippen molar-refractivity contribution in [3.63, 3.8) is 0 Å². The van der Waals surface area contributed by atoms with E-state index in [9.17, 15) is 19.2 Å². The Kier molecular flexibility index (Phi) is 7.27. The molecule has 0 spiro atoms. The Bertz CT molecular complexity index is 760. The minimum atomic E-state index is -1.85. The van der Waals surface area contributed by atoms with E-state index >= 15 is 0 Å². The first-order chi connectivity index (χ1) is 13.5. The Hall–Kier alpha value is -3.68. The normalized spacial score (nSPS) is 12.2. The van der Waals surface area contributed by atoms with Crippen LogP contribution in [0.3, 0.4) is 0 Å². The first-order valence-electron chi connectivity index (χ1n) is 8.15. The number of ether oxygens (including phenoxy) is 4. The van der Waals surface area contributed by atoms with Crippen LogP contribution >= 0.6 is 0 Å². The van der Waals surface area contributed by atoms with Gasteiger partial charge in [-0.1, -0.05) is 36.4 Å². The van der Waals surface area contributed by atoms with Gasteiger partial charge >= 0.3 is 23.9 Å². The fourth-order valence-electron chi connectivity index (χ4n) is 2.21. The molecule has 0 saturated heterocycles. The van der Waals surface area contributed by atoms with E-state index in [1.54, 1.807) is 36.4 Å². The zero-order valence-corrected chi connectivity index (χ0v) is 15.2. The van der Waals surface area contributed by atoms with Crippen LogP contribution in [0.15, 0.2) is 60.7 Å². The molecular weight excluding hydrogens is 368 g/mol. The van der Waals surface area contributed by atoms with Gasteiger partial charge in [-0.2, -0.15) is 0 Å². The van der Waals surface area contributed by atoms with E-state index in [2.05, 4.69) is 9.47 Å². The summed E-state index contributed by atoms with van der Waals surface area (Å²) in [4.78, 5) is 49.0. The minimum Gasteiger partial charge on any atom is -0.466 e. The van der Waals surface area contributed by atoms with Crippen LogP contribution in [-0.2, 0) is 28.5 Å². The number of hydrogen-bond donors (Lipinski definition) is 0. The first kappa shape index (κ1) is 20.6. The zero-order chi connectivity index (χ0) is 20.5. The number of benzene rings is 2. The monoisotopic (exact) mass is 386 g/mol. The Balaban J connectivity index is 2.29. The highest BCUT2D eigenvalue weighted by Gasteiger charge is 2.42. The maximum atomic E-state index is 12.3. The summed E-state index contributed by atoms with van der Waals surface area (Å²) in [6.07, 6.45) is -3.70. The van der Waals surface area contributed by atoms with Crippen molar-refractivity contribution in [2.75, 3.05) is 14.2 Å². The van der Waals surface area contributed by atoms with Gasteiger partial charge in [-0.15, -0.1) is 0 Å². The summed E-state index contributed by atoms with van der Waals surface area (Å²) in [5.41, 5.74) is 0.267. The summed E-state index contributed by atoms with van der Waals surface area (Å²) in [7, 11) is 2.08. The van der Waals surface area contributed by atoms with Crippen molar-refractivity contribution in [2.45, 2.75) is 12.2 Å². The Morgan fingerprint density at radius 3 is 1.21 bits per heavy atom. The first-order valence-corrected chi connectivity index (χ1v) is 8.15. The average molecular weight is 386 g/mol. The molecular formula is C20H18O8. The molecule has 0 N–H and O–H groups in total. The number of carbonyl (C=O) groups is 4.